The minimum absolute atomic E-state index is 0.0801. The third kappa shape index (κ3) is 6.36. The first-order valence-electron chi connectivity index (χ1n) is 14.9. The van der Waals surface area contributed by atoms with Crippen molar-refractivity contribution in [3.05, 3.63) is 108 Å². The molecule has 1 aliphatic rings. The van der Waals surface area contributed by atoms with Crippen LogP contribution in [-0.4, -0.2) is 29.8 Å². The quantitative estimate of drug-likeness (QED) is 0.188. The van der Waals surface area contributed by atoms with E-state index in [1.165, 1.54) is 16.3 Å². The lowest BCUT2D eigenvalue weighted by Gasteiger charge is -2.28. The van der Waals surface area contributed by atoms with Crippen LogP contribution in [0.2, 0.25) is 0 Å². The highest BCUT2D eigenvalue weighted by molar-refractivity contribution is 5.98. The maximum Gasteiger partial charge on any atom is 0.223 e. The molecule has 1 unspecified atom stereocenters. The molecule has 4 aromatic carbocycles. The van der Waals surface area contributed by atoms with Crippen LogP contribution in [-0.2, 0) is 11.2 Å². The number of rotatable bonds is 9. The van der Waals surface area contributed by atoms with E-state index >= 15 is 0 Å². The molecule has 1 amide bonds. The Morgan fingerprint density at radius 3 is 2.45 bits per heavy atom. The molecule has 5 nitrogen and oxygen atoms in total. The number of aldehydes is 1. The van der Waals surface area contributed by atoms with Gasteiger partial charge in [0.2, 0.25) is 5.91 Å². The molecule has 5 heteroatoms. The Morgan fingerprint density at radius 2 is 1.67 bits per heavy atom. The number of hydrogen-bond donors (Lipinski definition) is 1. The number of ether oxygens (including phenoxy) is 1. The standard InChI is InChI=1S/C37H36N2O3/c1-25-6-9-29(10-7-25)37(41)39-33(21-26-8-11-27-4-2-3-5-30(27)20-26)24-42-34-15-12-28(13-16-34)31-14-17-36-35(22-31)32(23-40)18-19-38-36/h2-5,8,11-20,22-23,25,29,33H,6-7,9-10,21,24H2,1H3,(H,39,41). The second-order valence-electron chi connectivity index (χ2n) is 11.6. The van der Waals surface area contributed by atoms with Crippen LogP contribution in [0, 0.1) is 11.8 Å². The van der Waals surface area contributed by atoms with E-state index in [4.69, 9.17) is 4.74 Å². The van der Waals surface area contributed by atoms with Gasteiger partial charge < -0.3 is 10.1 Å². The van der Waals surface area contributed by atoms with Crippen LogP contribution < -0.4 is 10.1 Å². The normalized spacial score (nSPS) is 17.5. The molecule has 1 N–H and O–H groups in total. The van der Waals surface area contributed by atoms with Crippen LogP contribution in [0.1, 0.15) is 48.5 Å². The van der Waals surface area contributed by atoms with E-state index in [0.717, 1.165) is 59.7 Å². The molecule has 212 valence electrons. The average Bonchev–Trinajstić information content (AvgIpc) is 3.03. The van der Waals surface area contributed by atoms with Crippen molar-refractivity contribution in [3.8, 4) is 16.9 Å². The molecule has 0 bridgehead atoms. The van der Waals surface area contributed by atoms with Gasteiger partial charge >= 0.3 is 0 Å². The zero-order valence-corrected chi connectivity index (χ0v) is 24.0. The third-order valence-electron chi connectivity index (χ3n) is 8.57. The van der Waals surface area contributed by atoms with Crippen molar-refractivity contribution in [1.82, 2.24) is 10.3 Å². The molecular weight excluding hydrogens is 520 g/mol. The van der Waals surface area contributed by atoms with Crippen LogP contribution >= 0.6 is 0 Å². The van der Waals surface area contributed by atoms with E-state index in [-0.39, 0.29) is 17.9 Å². The van der Waals surface area contributed by atoms with E-state index in [2.05, 4.69) is 59.7 Å². The average molecular weight is 557 g/mol. The van der Waals surface area contributed by atoms with Gasteiger partial charge in [-0.2, -0.15) is 0 Å². The molecule has 6 rings (SSSR count). The zero-order chi connectivity index (χ0) is 28.9. The number of fused-ring (bicyclic) bond motifs is 2. The van der Waals surface area contributed by atoms with Gasteiger partial charge in [0.25, 0.3) is 0 Å². The molecule has 0 saturated heterocycles. The van der Waals surface area contributed by atoms with Crippen LogP contribution in [0.15, 0.2) is 97.2 Å². The summed E-state index contributed by atoms with van der Waals surface area (Å²) < 4.78 is 6.26. The van der Waals surface area contributed by atoms with Gasteiger partial charge in [-0.15, -0.1) is 0 Å². The summed E-state index contributed by atoms with van der Waals surface area (Å²) in [5, 5.41) is 6.58. The SMILES string of the molecule is CC1CCC(C(=O)NC(COc2ccc(-c3ccc4nccc(C=O)c4c3)cc2)Cc2ccc3ccccc3c2)CC1. The number of carbonyl (C=O) groups is 2. The van der Waals surface area contributed by atoms with Crippen molar-refractivity contribution < 1.29 is 14.3 Å². The fourth-order valence-electron chi connectivity index (χ4n) is 6.03. The fourth-order valence-corrected chi connectivity index (χ4v) is 6.03. The summed E-state index contributed by atoms with van der Waals surface area (Å²) in [6, 6.07) is 30.4. The molecular formula is C37H36N2O3. The van der Waals surface area contributed by atoms with Gasteiger partial charge in [0.05, 0.1) is 11.6 Å². The van der Waals surface area contributed by atoms with Crippen LogP contribution in [0.25, 0.3) is 32.8 Å². The lowest BCUT2D eigenvalue weighted by molar-refractivity contribution is -0.127. The van der Waals surface area contributed by atoms with Crippen molar-refractivity contribution in [2.45, 2.75) is 45.1 Å². The third-order valence-corrected chi connectivity index (χ3v) is 8.57. The van der Waals surface area contributed by atoms with Gasteiger partial charge in [-0.25, -0.2) is 0 Å². The highest BCUT2D eigenvalue weighted by atomic mass is 16.5. The Hall–Kier alpha value is -4.51. The second-order valence-corrected chi connectivity index (χ2v) is 11.6. The number of hydrogen-bond acceptors (Lipinski definition) is 4. The largest absolute Gasteiger partial charge is 0.491 e. The van der Waals surface area contributed by atoms with Gasteiger partial charge in [-0.05, 0) is 95.8 Å². The molecule has 5 aromatic rings. The molecule has 0 aliphatic heterocycles. The topological polar surface area (TPSA) is 68.3 Å². The lowest BCUT2D eigenvalue weighted by atomic mass is 9.82. The van der Waals surface area contributed by atoms with E-state index in [1.807, 2.05) is 42.5 Å². The fraction of sp³-hybridized carbons (Fsp3) is 0.270. The van der Waals surface area contributed by atoms with Gasteiger partial charge in [0, 0.05) is 23.1 Å². The maximum atomic E-state index is 13.3. The Bertz CT molecular complexity index is 1700. The molecule has 1 atom stereocenters. The minimum Gasteiger partial charge on any atom is -0.491 e. The van der Waals surface area contributed by atoms with E-state index in [9.17, 15) is 9.59 Å². The van der Waals surface area contributed by atoms with Crippen molar-refractivity contribution in [2.75, 3.05) is 6.61 Å². The zero-order valence-electron chi connectivity index (χ0n) is 24.0. The smallest absolute Gasteiger partial charge is 0.223 e. The number of carbonyl (C=O) groups excluding carboxylic acids is 2. The number of nitrogens with zero attached hydrogens (tertiary/aromatic N) is 1. The molecule has 1 heterocycles. The maximum absolute atomic E-state index is 13.3. The lowest BCUT2D eigenvalue weighted by Crippen LogP contribution is -2.44. The molecule has 42 heavy (non-hydrogen) atoms. The van der Waals surface area contributed by atoms with Crippen LogP contribution in [0.3, 0.4) is 0 Å². The Balaban J connectivity index is 1.17. The Kier molecular flexibility index (Phi) is 8.27. The first-order valence-corrected chi connectivity index (χ1v) is 14.9. The van der Waals surface area contributed by atoms with Crippen molar-refractivity contribution >= 4 is 33.9 Å². The summed E-state index contributed by atoms with van der Waals surface area (Å²) in [5.74, 6) is 1.68. The molecule has 1 fully saturated rings. The van der Waals surface area contributed by atoms with Gasteiger partial charge in [-0.1, -0.05) is 67.6 Å². The van der Waals surface area contributed by atoms with Crippen molar-refractivity contribution in [3.63, 3.8) is 0 Å². The van der Waals surface area contributed by atoms with Gasteiger partial charge in [0.1, 0.15) is 12.4 Å². The first kappa shape index (κ1) is 27.6. The second kappa shape index (κ2) is 12.6. The summed E-state index contributed by atoms with van der Waals surface area (Å²) in [6.07, 6.45) is 7.35. The number of amides is 1. The van der Waals surface area contributed by atoms with E-state index < -0.39 is 0 Å². The van der Waals surface area contributed by atoms with Crippen molar-refractivity contribution in [1.29, 1.82) is 0 Å². The summed E-state index contributed by atoms with van der Waals surface area (Å²) in [4.78, 5) is 29.2. The molecule has 0 radical (unpaired) electrons. The van der Waals surface area contributed by atoms with Gasteiger partial charge in [-0.3, -0.25) is 14.6 Å². The van der Waals surface area contributed by atoms with Crippen LogP contribution in [0.5, 0.6) is 5.75 Å². The number of nitrogens with one attached hydrogen (secondary N) is 1. The molecule has 1 aliphatic carbocycles. The monoisotopic (exact) mass is 556 g/mol. The number of pyridine rings is 1. The van der Waals surface area contributed by atoms with E-state index in [0.29, 0.717) is 24.5 Å². The van der Waals surface area contributed by atoms with E-state index in [1.54, 1.807) is 12.3 Å². The summed E-state index contributed by atoms with van der Waals surface area (Å²) in [7, 11) is 0. The predicted octanol–water partition coefficient (Wildman–Crippen LogP) is 7.80. The number of aromatic nitrogens is 1. The predicted molar refractivity (Wildman–Crippen MR) is 169 cm³/mol. The summed E-state index contributed by atoms with van der Waals surface area (Å²) in [6.45, 7) is 2.65. The number of benzene rings is 4. The van der Waals surface area contributed by atoms with Crippen molar-refractivity contribution in [2.24, 2.45) is 11.8 Å². The minimum atomic E-state index is -0.146. The summed E-state index contributed by atoms with van der Waals surface area (Å²) in [5.41, 5.74) is 4.64. The molecule has 1 saturated carbocycles. The highest BCUT2D eigenvalue weighted by Gasteiger charge is 2.26. The highest BCUT2D eigenvalue weighted by Crippen LogP contribution is 2.29. The molecule has 0 spiro atoms. The first-order chi connectivity index (χ1) is 20.6. The Labute approximate surface area is 246 Å². The van der Waals surface area contributed by atoms with Gasteiger partial charge in [0.15, 0.2) is 6.29 Å². The van der Waals surface area contributed by atoms with Crippen LogP contribution in [0.4, 0.5) is 0 Å². The summed E-state index contributed by atoms with van der Waals surface area (Å²) >= 11 is 0. The Morgan fingerprint density at radius 1 is 0.905 bits per heavy atom. The molecule has 1 aromatic heterocycles.